The Morgan fingerprint density at radius 1 is 1.29 bits per heavy atom. The third-order valence-electron chi connectivity index (χ3n) is 3.10. The average Bonchev–Trinajstić information content (AvgIpc) is 2.36. The van der Waals surface area contributed by atoms with Gasteiger partial charge in [-0.3, -0.25) is 0 Å². The summed E-state index contributed by atoms with van der Waals surface area (Å²) < 4.78 is 6.18. The lowest BCUT2D eigenvalue weighted by atomic mass is 10.2. The van der Waals surface area contributed by atoms with E-state index in [0.29, 0.717) is 23.2 Å². The zero-order valence-corrected chi connectivity index (χ0v) is 13.4. The van der Waals surface area contributed by atoms with Gasteiger partial charge in [-0.2, -0.15) is 0 Å². The molecule has 1 heterocycles. The van der Waals surface area contributed by atoms with E-state index in [1.54, 1.807) is 11.0 Å². The van der Waals surface area contributed by atoms with Gasteiger partial charge in [0.2, 0.25) is 0 Å². The fourth-order valence-corrected chi connectivity index (χ4v) is 2.82. The number of nitrogens with zero attached hydrogens (tertiary/aromatic N) is 1. The Kier molecular flexibility index (Phi) is 4.84. The number of aromatic carboxylic acids is 1. The highest BCUT2D eigenvalue weighted by atomic mass is 79.9. The van der Waals surface area contributed by atoms with Gasteiger partial charge in [0.25, 0.3) is 0 Å². The van der Waals surface area contributed by atoms with Crippen molar-refractivity contribution in [1.29, 1.82) is 0 Å². The third kappa shape index (κ3) is 4.18. The van der Waals surface area contributed by atoms with E-state index in [1.165, 1.54) is 12.1 Å². The highest BCUT2D eigenvalue weighted by Crippen LogP contribution is 2.21. The number of hydrogen-bond acceptors (Lipinski definition) is 3. The zero-order chi connectivity index (χ0) is 15.6. The van der Waals surface area contributed by atoms with Crippen molar-refractivity contribution in [3.63, 3.8) is 0 Å². The number of urea groups is 1. The maximum Gasteiger partial charge on any atom is 0.335 e. The maximum absolute atomic E-state index is 12.2. The highest BCUT2D eigenvalue weighted by molar-refractivity contribution is 9.10. The summed E-state index contributed by atoms with van der Waals surface area (Å²) >= 11 is 3.24. The molecule has 0 aromatic heterocycles. The van der Waals surface area contributed by atoms with Crippen LogP contribution in [0.25, 0.3) is 0 Å². The normalized spacial score (nSPS) is 22.0. The minimum Gasteiger partial charge on any atom is -0.478 e. The molecule has 114 valence electrons. The Balaban J connectivity index is 2.10. The summed E-state index contributed by atoms with van der Waals surface area (Å²) in [5.74, 6) is -1.04. The number of anilines is 1. The van der Waals surface area contributed by atoms with Gasteiger partial charge in [0.15, 0.2) is 0 Å². The van der Waals surface area contributed by atoms with E-state index in [-0.39, 0.29) is 23.8 Å². The molecule has 1 aliphatic rings. The minimum absolute atomic E-state index is 0.0170. The van der Waals surface area contributed by atoms with Crippen molar-refractivity contribution in [2.75, 3.05) is 18.4 Å². The molecule has 0 spiro atoms. The van der Waals surface area contributed by atoms with E-state index in [2.05, 4.69) is 21.2 Å². The van der Waals surface area contributed by atoms with Crippen LogP contribution in [0.4, 0.5) is 10.5 Å². The van der Waals surface area contributed by atoms with Crippen LogP contribution in [-0.2, 0) is 4.74 Å². The van der Waals surface area contributed by atoms with Crippen LogP contribution < -0.4 is 5.32 Å². The van der Waals surface area contributed by atoms with Crippen molar-refractivity contribution >= 4 is 33.6 Å². The lowest BCUT2D eigenvalue weighted by Gasteiger charge is -2.35. The monoisotopic (exact) mass is 356 g/mol. The summed E-state index contributed by atoms with van der Waals surface area (Å²) in [5.41, 5.74) is 0.557. The highest BCUT2D eigenvalue weighted by Gasteiger charge is 2.26. The molecule has 7 heteroatoms. The van der Waals surface area contributed by atoms with E-state index < -0.39 is 5.97 Å². The molecule has 2 amide bonds. The quantitative estimate of drug-likeness (QED) is 0.853. The van der Waals surface area contributed by atoms with E-state index in [4.69, 9.17) is 9.84 Å². The number of carboxylic acids is 1. The Morgan fingerprint density at radius 2 is 1.90 bits per heavy atom. The molecule has 1 aliphatic heterocycles. The number of rotatable bonds is 2. The second-order valence-corrected chi connectivity index (χ2v) is 6.04. The van der Waals surface area contributed by atoms with Gasteiger partial charge in [0.1, 0.15) is 0 Å². The SMILES string of the molecule is C[C@@H]1CN(C(=O)Nc2cc(Br)cc(C(=O)O)c2)C[C@H](C)O1. The molecule has 0 radical (unpaired) electrons. The molecule has 2 atom stereocenters. The molecule has 2 N–H and O–H groups in total. The largest absolute Gasteiger partial charge is 0.478 e. The Labute approximate surface area is 131 Å². The first-order valence-electron chi connectivity index (χ1n) is 6.60. The first kappa shape index (κ1) is 15.8. The molecule has 0 saturated carbocycles. The Hall–Kier alpha value is -1.60. The molecule has 2 rings (SSSR count). The molecule has 0 unspecified atom stereocenters. The van der Waals surface area contributed by atoms with Crippen LogP contribution in [0.1, 0.15) is 24.2 Å². The minimum atomic E-state index is -1.04. The Morgan fingerprint density at radius 3 is 2.48 bits per heavy atom. The van der Waals surface area contributed by atoms with Crippen LogP contribution in [-0.4, -0.2) is 47.3 Å². The van der Waals surface area contributed by atoms with Crippen molar-refractivity contribution < 1.29 is 19.4 Å². The molecule has 0 aliphatic carbocycles. The van der Waals surface area contributed by atoms with Crippen molar-refractivity contribution in [2.45, 2.75) is 26.1 Å². The number of nitrogens with one attached hydrogen (secondary N) is 1. The van der Waals surface area contributed by atoms with Crippen molar-refractivity contribution in [3.05, 3.63) is 28.2 Å². The molecule has 21 heavy (non-hydrogen) atoms. The van der Waals surface area contributed by atoms with Gasteiger partial charge < -0.3 is 20.1 Å². The number of carboxylic acid groups (broad SMARTS) is 1. The third-order valence-corrected chi connectivity index (χ3v) is 3.56. The topological polar surface area (TPSA) is 78.9 Å². The van der Waals surface area contributed by atoms with Gasteiger partial charge in [-0.1, -0.05) is 15.9 Å². The molecule has 6 nitrogen and oxygen atoms in total. The van der Waals surface area contributed by atoms with Gasteiger partial charge in [-0.05, 0) is 32.0 Å². The van der Waals surface area contributed by atoms with Crippen molar-refractivity contribution in [1.82, 2.24) is 4.90 Å². The number of carbonyl (C=O) groups is 2. The van der Waals surface area contributed by atoms with Gasteiger partial charge in [-0.15, -0.1) is 0 Å². The lowest BCUT2D eigenvalue weighted by Crippen LogP contribution is -2.49. The first-order chi connectivity index (χ1) is 9.85. The summed E-state index contributed by atoms with van der Waals surface area (Å²) in [6.07, 6.45) is -0.0341. The average molecular weight is 357 g/mol. The van der Waals surface area contributed by atoms with Gasteiger partial charge in [0.05, 0.1) is 17.8 Å². The number of benzene rings is 1. The molecule has 1 aromatic rings. The van der Waals surface area contributed by atoms with Crippen LogP contribution in [0.2, 0.25) is 0 Å². The number of hydrogen-bond donors (Lipinski definition) is 2. The first-order valence-corrected chi connectivity index (χ1v) is 7.39. The fraction of sp³-hybridized carbons (Fsp3) is 0.429. The molecular weight excluding hydrogens is 340 g/mol. The number of morpholine rings is 1. The van der Waals surface area contributed by atoms with Crippen LogP contribution in [0, 0.1) is 0 Å². The number of halogens is 1. The standard InChI is InChI=1S/C14H17BrN2O4/c1-8-6-17(7-9(2)21-8)14(20)16-12-4-10(13(18)19)3-11(15)5-12/h3-5,8-9H,6-7H2,1-2H3,(H,16,20)(H,18,19)/t8-,9+. The van der Waals surface area contributed by atoms with Crippen LogP contribution in [0.5, 0.6) is 0 Å². The summed E-state index contributed by atoms with van der Waals surface area (Å²) in [6, 6.07) is 4.32. The summed E-state index contributed by atoms with van der Waals surface area (Å²) in [7, 11) is 0. The fourth-order valence-electron chi connectivity index (χ4n) is 2.33. The molecular formula is C14H17BrN2O4. The second-order valence-electron chi connectivity index (χ2n) is 5.13. The van der Waals surface area contributed by atoms with Crippen molar-refractivity contribution in [3.8, 4) is 0 Å². The molecule has 1 fully saturated rings. The zero-order valence-electron chi connectivity index (χ0n) is 11.8. The number of carbonyl (C=O) groups excluding carboxylic acids is 1. The van der Waals surface area contributed by atoms with E-state index >= 15 is 0 Å². The van der Waals surface area contributed by atoms with E-state index in [0.717, 1.165) is 0 Å². The van der Waals surface area contributed by atoms with Crippen LogP contribution in [0.3, 0.4) is 0 Å². The van der Waals surface area contributed by atoms with Crippen molar-refractivity contribution in [2.24, 2.45) is 0 Å². The molecule has 1 saturated heterocycles. The van der Waals surface area contributed by atoms with E-state index in [9.17, 15) is 9.59 Å². The van der Waals surface area contributed by atoms with E-state index in [1.807, 2.05) is 13.8 Å². The summed E-state index contributed by atoms with van der Waals surface area (Å²) in [4.78, 5) is 24.9. The lowest BCUT2D eigenvalue weighted by molar-refractivity contribution is -0.0530. The summed E-state index contributed by atoms with van der Waals surface area (Å²) in [6.45, 7) is 4.85. The molecule has 1 aromatic carbocycles. The maximum atomic E-state index is 12.2. The van der Waals surface area contributed by atoms with Gasteiger partial charge in [-0.25, -0.2) is 9.59 Å². The molecule has 0 bridgehead atoms. The predicted molar refractivity (Wildman–Crippen MR) is 81.7 cm³/mol. The Bertz CT molecular complexity index is 554. The predicted octanol–water partition coefficient (Wildman–Crippen LogP) is 2.79. The van der Waals surface area contributed by atoms with Crippen LogP contribution >= 0.6 is 15.9 Å². The van der Waals surface area contributed by atoms with Gasteiger partial charge >= 0.3 is 12.0 Å². The number of amides is 2. The second kappa shape index (κ2) is 6.44. The smallest absolute Gasteiger partial charge is 0.335 e. The van der Waals surface area contributed by atoms with Gasteiger partial charge in [0, 0.05) is 23.2 Å². The van der Waals surface area contributed by atoms with Crippen LogP contribution in [0.15, 0.2) is 22.7 Å². The number of ether oxygens (including phenoxy) is 1. The summed E-state index contributed by atoms with van der Waals surface area (Å²) in [5, 5.41) is 11.8.